The van der Waals surface area contributed by atoms with Crippen molar-refractivity contribution in [2.45, 2.75) is 19.4 Å². The highest BCUT2D eigenvalue weighted by Gasteiger charge is 2.08. The molecule has 0 aromatic heterocycles. The summed E-state index contributed by atoms with van der Waals surface area (Å²) in [5.41, 5.74) is 11.7. The monoisotopic (exact) mass is 208 g/mol. The molecule has 4 nitrogen and oxygen atoms in total. The molecule has 0 bridgehead atoms. The first kappa shape index (κ1) is 11.5. The zero-order valence-corrected chi connectivity index (χ0v) is 8.77. The Balaban J connectivity index is 2.66. The van der Waals surface area contributed by atoms with Gasteiger partial charge >= 0.3 is 0 Å². The molecule has 0 aliphatic heterocycles. The number of carbonyl (C=O) groups is 1. The summed E-state index contributed by atoms with van der Waals surface area (Å²) >= 11 is 0. The molecule has 1 atom stereocenters. The second-order valence-corrected chi connectivity index (χ2v) is 3.28. The summed E-state index contributed by atoms with van der Waals surface area (Å²) in [7, 11) is 0. The van der Waals surface area contributed by atoms with E-state index in [0.717, 1.165) is 11.3 Å². The molecule has 0 aliphatic carbocycles. The molecule has 0 spiro atoms. The van der Waals surface area contributed by atoms with Crippen molar-refractivity contribution in [1.29, 1.82) is 0 Å². The molecule has 1 amide bonds. The van der Waals surface area contributed by atoms with Crippen molar-refractivity contribution >= 4 is 5.91 Å². The summed E-state index contributed by atoms with van der Waals surface area (Å²) < 4.78 is 5.29. The molecule has 0 fully saturated rings. The fourth-order valence-corrected chi connectivity index (χ4v) is 1.31. The zero-order valence-electron chi connectivity index (χ0n) is 8.77. The van der Waals surface area contributed by atoms with Gasteiger partial charge in [-0.15, -0.1) is 0 Å². The Morgan fingerprint density at radius 1 is 1.40 bits per heavy atom. The molecule has 0 aliphatic rings. The lowest BCUT2D eigenvalue weighted by molar-refractivity contribution is -0.118. The predicted molar refractivity (Wildman–Crippen MR) is 58.4 cm³/mol. The molecule has 1 aromatic carbocycles. The average Bonchev–Trinajstić information content (AvgIpc) is 2.18. The van der Waals surface area contributed by atoms with Crippen LogP contribution in [0.4, 0.5) is 0 Å². The molecular weight excluding hydrogens is 192 g/mol. The van der Waals surface area contributed by atoms with E-state index in [4.69, 9.17) is 16.2 Å². The number of ether oxygens (including phenoxy) is 1. The standard InChI is InChI=1S/C11H16N2O2/c1-2-15-9-5-3-8(4-6-9)10(12)7-11(13)14/h3-6,10H,2,7,12H2,1H3,(H2,13,14). The van der Waals surface area contributed by atoms with Crippen molar-refractivity contribution in [1.82, 2.24) is 0 Å². The predicted octanol–water partition coefficient (Wildman–Crippen LogP) is 0.960. The number of benzene rings is 1. The summed E-state index contributed by atoms with van der Waals surface area (Å²) in [4.78, 5) is 10.7. The van der Waals surface area contributed by atoms with E-state index in [2.05, 4.69) is 0 Å². The minimum absolute atomic E-state index is 0.161. The van der Waals surface area contributed by atoms with Gasteiger partial charge in [-0.25, -0.2) is 0 Å². The largest absolute Gasteiger partial charge is 0.494 e. The number of hydrogen-bond donors (Lipinski definition) is 2. The van der Waals surface area contributed by atoms with Gasteiger partial charge in [0.25, 0.3) is 0 Å². The quantitative estimate of drug-likeness (QED) is 0.756. The average molecular weight is 208 g/mol. The van der Waals surface area contributed by atoms with E-state index in [1.165, 1.54) is 0 Å². The Morgan fingerprint density at radius 3 is 2.47 bits per heavy atom. The van der Waals surface area contributed by atoms with Crippen molar-refractivity contribution in [3.05, 3.63) is 29.8 Å². The molecule has 1 unspecified atom stereocenters. The zero-order chi connectivity index (χ0) is 11.3. The van der Waals surface area contributed by atoms with Crippen molar-refractivity contribution in [3.8, 4) is 5.75 Å². The smallest absolute Gasteiger partial charge is 0.219 e. The van der Waals surface area contributed by atoms with Crippen molar-refractivity contribution in [2.24, 2.45) is 11.5 Å². The second-order valence-electron chi connectivity index (χ2n) is 3.28. The second kappa shape index (κ2) is 5.36. The van der Waals surface area contributed by atoms with Crippen LogP contribution in [0.5, 0.6) is 5.75 Å². The molecule has 1 rings (SSSR count). The molecule has 0 radical (unpaired) electrons. The summed E-state index contributed by atoms with van der Waals surface area (Å²) in [5, 5.41) is 0. The SMILES string of the molecule is CCOc1ccc(C(N)CC(N)=O)cc1. The van der Waals surface area contributed by atoms with Gasteiger partial charge in [-0.05, 0) is 24.6 Å². The Hall–Kier alpha value is -1.55. The number of nitrogens with two attached hydrogens (primary N) is 2. The number of carbonyl (C=O) groups excluding carboxylic acids is 1. The van der Waals surface area contributed by atoms with E-state index >= 15 is 0 Å². The van der Waals surface area contributed by atoms with Gasteiger partial charge in [0.1, 0.15) is 5.75 Å². The van der Waals surface area contributed by atoms with Crippen LogP contribution in [0.15, 0.2) is 24.3 Å². The van der Waals surface area contributed by atoms with Gasteiger partial charge in [-0.2, -0.15) is 0 Å². The van der Waals surface area contributed by atoms with E-state index in [0.29, 0.717) is 6.61 Å². The van der Waals surface area contributed by atoms with E-state index in [1.54, 1.807) is 0 Å². The summed E-state index contributed by atoms with van der Waals surface area (Å²) in [6.45, 7) is 2.55. The maximum absolute atomic E-state index is 10.7. The highest BCUT2D eigenvalue weighted by molar-refractivity contribution is 5.74. The molecule has 1 aromatic rings. The third-order valence-electron chi connectivity index (χ3n) is 2.04. The van der Waals surface area contributed by atoms with Crippen LogP contribution >= 0.6 is 0 Å². The summed E-state index contributed by atoms with van der Waals surface area (Å²) in [5.74, 6) is 0.406. The minimum atomic E-state index is -0.392. The van der Waals surface area contributed by atoms with Crippen molar-refractivity contribution < 1.29 is 9.53 Å². The fraction of sp³-hybridized carbons (Fsp3) is 0.364. The highest BCUT2D eigenvalue weighted by atomic mass is 16.5. The Kier molecular flexibility index (Phi) is 4.12. The molecule has 0 saturated carbocycles. The Morgan fingerprint density at radius 2 is 2.00 bits per heavy atom. The van der Waals surface area contributed by atoms with Crippen LogP contribution in [0.1, 0.15) is 24.9 Å². The van der Waals surface area contributed by atoms with Crippen LogP contribution in [-0.2, 0) is 4.79 Å². The number of primary amides is 1. The lowest BCUT2D eigenvalue weighted by Gasteiger charge is -2.10. The van der Waals surface area contributed by atoms with Crippen LogP contribution < -0.4 is 16.2 Å². The van der Waals surface area contributed by atoms with Crippen molar-refractivity contribution in [3.63, 3.8) is 0 Å². The van der Waals surface area contributed by atoms with Crippen LogP contribution in [0.25, 0.3) is 0 Å². The van der Waals surface area contributed by atoms with Crippen LogP contribution in [0, 0.1) is 0 Å². The molecule has 0 heterocycles. The molecule has 0 saturated heterocycles. The number of rotatable bonds is 5. The normalized spacial score (nSPS) is 12.1. The first-order chi connectivity index (χ1) is 7.13. The maximum atomic E-state index is 10.7. The van der Waals surface area contributed by atoms with Crippen LogP contribution in [0.2, 0.25) is 0 Å². The topological polar surface area (TPSA) is 78.3 Å². The molecule has 15 heavy (non-hydrogen) atoms. The van der Waals surface area contributed by atoms with Crippen molar-refractivity contribution in [2.75, 3.05) is 6.61 Å². The van der Waals surface area contributed by atoms with Gasteiger partial charge in [0.2, 0.25) is 5.91 Å². The Labute approximate surface area is 89.2 Å². The van der Waals surface area contributed by atoms with Gasteiger partial charge in [0.15, 0.2) is 0 Å². The lowest BCUT2D eigenvalue weighted by atomic mass is 10.0. The maximum Gasteiger partial charge on any atom is 0.219 e. The molecule has 4 N–H and O–H groups in total. The van der Waals surface area contributed by atoms with Gasteiger partial charge < -0.3 is 16.2 Å². The van der Waals surface area contributed by atoms with E-state index in [9.17, 15) is 4.79 Å². The lowest BCUT2D eigenvalue weighted by Crippen LogP contribution is -2.20. The van der Waals surface area contributed by atoms with Crippen LogP contribution in [0.3, 0.4) is 0 Å². The minimum Gasteiger partial charge on any atom is -0.494 e. The van der Waals surface area contributed by atoms with E-state index < -0.39 is 5.91 Å². The molecule has 82 valence electrons. The van der Waals surface area contributed by atoms with E-state index in [1.807, 2.05) is 31.2 Å². The van der Waals surface area contributed by atoms with Crippen LogP contribution in [-0.4, -0.2) is 12.5 Å². The first-order valence-corrected chi connectivity index (χ1v) is 4.90. The van der Waals surface area contributed by atoms with Gasteiger partial charge in [0, 0.05) is 12.5 Å². The highest BCUT2D eigenvalue weighted by Crippen LogP contribution is 2.18. The van der Waals surface area contributed by atoms with Gasteiger partial charge in [0.05, 0.1) is 6.61 Å². The Bertz CT molecular complexity index is 322. The van der Waals surface area contributed by atoms with Gasteiger partial charge in [-0.3, -0.25) is 4.79 Å². The third-order valence-corrected chi connectivity index (χ3v) is 2.04. The number of amides is 1. The summed E-state index contributed by atoms with van der Waals surface area (Å²) in [6, 6.07) is 7.02. The van der Waals surface area contributed by atoms with E-state index in [-0.39, 0.29) is 12.5 Å². The summed E-state index contributed by atoms with van der Waals surface area (Å²) in [6.07, 6.45) is 0.161. The first-order valence-electron chi connectivity index (χ1n) is 4.90. The fourth-order valence-electron chi connectivity index (χ4n) is 1.31. The third kappa shape index (κ3) is 3.59. The van der Waals surface area contributed by atoms with Gasteiger partial charge in [-0.1, -0.05) is 12.1 Å². The molecule has 4 heteroatoms. The molecular formula is C11H16N2O2. The number of hydrogen-bond acceptors (Lipinski definition) is 3.